The lowest BCUT2D eigenvalue weighted by Gasteiger charge is -2.36. The predicted molar refractivity (Wildman–Crippen MR) is 332 cm³/mol. The highest BCUT2D eigenvalue weighted by molar-refractivity contribution is 8.33. The van der Waals surface area contributed by atoms with E-state index in [2.05, 4.69) is 302 Å². The summed E-state index contributed by atoms with van der Waals surface area (Å²) in [4.78, 5) is 9.06. The second kappa shape index (κ2) is 23.9. The average molecular weight is 1020 g/mol. The molecule has 0 spiro atoms. The molecule has 8 aromatic carbocycles. The van der Waals surface area contributed by atoms with Crippen LogP contribution in [-0.2, 0) is 6.42 Å². The Balaban J connectivity index is 0.000000985. The van der Waals surface area contributed by atoms with Gasteiger partial charge in [0.25, 0.3) is 0 Å². The zero-order chi connectivity index (χ0) is 52.2. The van der Waals surface area contributed by atoms with Gasteiger partial charge < -0.3 is 9.80 Å². The molecule has 0 saturated heterocycles. The molecule has 8 aromatic rings. The van der Waals surface area contributed by atoms with Crippen LogP contribution in [0.4, 0.5) is 28.4 Å². The molecule has 3 unspecified atom stereocenters. The third kappa shape index (κ3) is 11.1. The first kappa shape index (κ1) is 50.5. The van der Waals surface area contributed by atoms with Crippen LogP contribution in [0.15, 0.2) is 324 Å². The van der Waals surface area contributed by atoms with E-state index in [1.54, 1.807) is 6.08 Å². The van der Waals surface area contributed by atoms with Gasteiger partial charge >= 0.3 is 0 Å². The molecule has 3 heteroatoms. The fraction of sp³-hybridized carbons (Fsp3) is 0.108. The van der Waals surface area contributed by atoms with E-state index in [-0.39, 0.29) is 0 Å². The molecule has 0 bridgehead atoms. The normalized spacial score (nSPS) is 18.7. The summed E-state index contributed by atoms with van der Waals surface area (Å²) >= 11 is 0. The summed E-state index contributed by atoms with van der Waals surface area (Å²) < 4.78 is 0. The molecule has 0 amide bonds. The van der Waals surface area contributed by atoms with Crippen LogP contribution in [0.5, 0.6) is 0 Å². The van der Waals surface area contributed by atoms with Gasteiger partial charge in [-0.15, -0.1) is 0 Å². The first-order chi connectivity index (χ1) is 38.1. The van der Waals surface area contributed by atoms with E-state index in [0.717, 1.165) is 42.0 Å². The van der Waals surface area contributed by atoms with Crippen molar-refractivity contribution < 1.29 is 0 Å². The van der Waals surface area contributed by atoms with Crippen LogP contribution in [0.1, 0.15) is 31.2 Å². The average Bonchev–Trinajstić information content (AvgIpc) is 3.94. The minimum atomic E-state index is -1.75. The number of anilines is 5. The summed E-state index contributed by atoms with van der Waals surface area (Å²) in [6.45, 7) is 3.80. The molecule has 77 heavy (non-hydrogen) atoms. The Kier molecular flexibility index (Phi) is 15.7. The Hall–Kier alpha value is -8.63. The fourth-order valence-electron chi connectivity index (χ4n) is 11.1. The first-order valence-corrected chi connectivity index (χ1v) is 29.2. The van der Waals surface area contributed by atoms with Crippen molar-refractivity contribution in [2.75, 3.05) is 16.1 Å². The summed E-state index contributed by atoms with van der Waals surface area (Å²) in [6, 6.07) is 74.2. The molecule has 12 rings (SSSR count). The standard InChI is InChI=1S/C68H58N2S.C6H8/c1-3-4-5-6-11-21-51-32-40-60(41-33-51)70(61-46-38-57(39-47-61)54-26-16-9-17-27-54)65-30-20-31-66-68(65)64-49-48-62(50-67(64)71(66,2)63-28-18-10-19-29-63)69(58-42-34-55(35-43-58)52-22-12-7-13-23-52)59-44-36-56(37-45-59)53-24-14-8-15-25-53;1-2-4-6-5-3-1/h3-20,22-24,26-36,38-50,53,56H,1,21,25,37H2,2H3;1-4H,5-6H2/b5-4-,11-6-;. The summed E-state index contributed by atoms with van der Waals surface area (Å²) in [5.74, 6) is 0.985. The number of allylic oxidation sites excluding steroid dienone is 16. The van der Waals surface area contributed by atoms with Gasteiger partial charge in [-0.2, -0.15) is 10.0 Å². The second-order valence-electron chi connectivity index (χ2n) is 20.0. The maximum Gasteiger partial charge on any atom is 0.0551 e. The van der Waals surface area contributed by atoms with Crippen molar-refractivity contribution in [2.24, 2.45) is 11.8 Å². The van der Waals surface area contributed by atoms with Crippen LogP contribution in [0.2, 0.25) is 0 Å². The molecule has 3 aliphatic carbocycles. The third-order valence-electron chi connectivity index (χ3n) is 15.2. The molecule has 0 aromatic heterocycles. The SMILES string of the molecule is C1=CCCC=C1.C=C/C=C\C=C/Cc1ccc(N(c2ccc(-c3ccccc3)cc2)c2cccc3c2-c2ccc(N(C4=CCC(C5C=CC=CC5)C=C4)c4ccc(-c5ccccc5)cc4)cc2S3(C)c2ccccc2)cc1. The minimum Gasteiger partial charge on any atom is -0.311 e. The predicted octanol–water partition coefficient (Wildman–Crippen LogP) is 20.8. The molecule has 4 aliphatic rings. The fourth-order valence-corrected chi connectivity index (χ4v) is 14.5. The highest BCUT2D eigenvalue weighted by atomic mass is 32.3. The molecule has 0 N–H and O–H groups in total. The van der Waals surface area contributed by atoms with E-state index in [0.29, 0.717) is 11.8 Å². The Bertz CT molecular complexity index is 3550. The van der Waals surface area contributed by atoms with Crippen LogP contribution in [0.25, 0.3) is 33.4 Å². The van der Waals surface area contributed by atoms with E-state index < -0.39 is 10.0 Å². The summed E-state index contributed by atoms with van der Waals surface area (Å²) in [7, 11) is -1.75. The Morgan fingerprint density at radius 1 is 0.494 bits per heavy atom. The van der Waals surface area contributed by atoms with Gasteiger partial charge in [-0.3, -0.25) is 0 Å². The van der Waals surface area contributed by atoms with Crippen molar-refractivity contribution in [1.29, 1.82) is 0 Å². The van der Waals surface area contributed by atoms with Crippen LogP contribution in [0.3, 0.4) is 0 Å². The van der Waals surface area contributed by atoms with E-state index in [1.165, 1.54) is 77.9 Å². The molecule has 1 heterocycles. The molecule has 0 radical (unpaired) electrons. The number of rotatable bonds is 14. The largest absolute Gasteiger partial charge is 0.311 e. The Morgan fingerprint density at radius 2 is 1.06 bits per heavy atom. The second-order valence-corrected chi connectivity index (χ2v) is 23.2. The number of hydrogen-bond acceptors (Lipinski definition) is 2. The zero-order valence-corrected chi connectivity index (χ0v) is 44.8. The number of benzene rings is 8. The van der Waals surface area contributed by atoms with Crippen molar-refractivity contribution in [1.82, 2.24) is 0 Å². The van der Waals surface area contributed by atoms with E-state index in [1.807, 2.05) is 12.2 Å². The zero-order valence-electron chi connectivity index (χ0n) is 44.0. The van der Waals surface area contributed by atoms with Gasteiger partial charge in [0.1, 0.15) is 0 Å². The first-order valence-electron chi connectivity index (χ1n) is 27.2. The number of hydrogen-bond donors (Lipinski definition) is 0. The topological polar surface area (TPSA) is 6.48 Å². The maximum absolute atomic E-state index is 3.80. The van der Waals surface area contributed by atoms with Crippen LogP contribution in [0, 0.1) is 11.8 Å². The molecular weight excluding hydrogens is 949 g/mol. The lowest BCUT2D eigenvalue weighted by molar-refractivity contribution is 0.476. The quantitative estimate of drug-likeness (QED) is 0.100. The van der Waals surface area contributed by atoms with Crippen molar-refractivity contribution in [3.05, 3.63) is 315 Å². The lowest BCUT2D eigenvalue weighted by Crippen LogP contribution is -2.20. The molecule has 1 aliphatic heterocycles. The number of fused-ring (bicyclic) bond motifs is 3. The summed E-state index contributed by atoms with van der Waals surface area (Å²) in [5, 5.41) is 0. The third-order valence-corrected chi connectivity index (χ3v) is 18.8. The number of nitrogens with zero attached hydrogens (tertiary/aromatic N) is 2. The Labute approximate surface area is 459 Å². The van der Waals surface area contributed by atoms with E-state index in [4.69, 9.17) is 0 Å². The molecule has 2 nitrogen and oxygen atoms in total. The van der Waals surface area contributed by atoms with Gasteiger partial charge in [-0.25, -0.2) is 0 Å². The minimum absolute atomic E-state index is 0.469. The van der Waals surface area contributed by atoms with Crippen molar-refractivity contribution in [3.8, 4) is 33.4 Å². The van der Waals surface area contributed by atoms with Crippen LogP contribution >= 0.6 is 10.0 Å². The maximum atomic E-state index is 3.80. The van der Waals surface area contributed by atoms with E-state index in [9.17, 15) is 0 Å². The molecule has 3 atom stereocenters. The highest BCUT2D eigenvalue weighted by Gasteiger charge is 2.40. The van der Waals surface area contributed by atoms with Gasteiger partial charge in [0.2, 0.25) is 0 Å². The van der Waals surface area contributed by atoms with Crippen LogP contribution < -0.4 is 9.80 Å². The monoisotopic (exact) mass is 1010 g/mol. The van der Waals surface area contributed by atoms with Crippen molar-refractivity contribution in [3.63, 3.8) is 0 Å². The smallest absolute Gasteiger partial charge is 0.0551 e. The molecule has 378 valence electrons. The Morgan fingerprint density at radius 3 is 1.64 bits per heavy atom. The lowest BCUT2D eigenvalue weighted by atomic mass is 9.82. The van der Waals surface area contributed by atoms with E-state index >= 15 is 0 Å². The van der Waals surface area contributed by atoms with Gasteiger partial charge in [0.15, 0.2) is 0 Å². The summed E-state index contributed by atoms with van der Waals surface area (Å²) in [5.41, 5.74) is 15.6. The van der Waals surface area contributed by atoms with Gasteiger partial charge in [-0.05, 0) is 167 Å². The van der Waals surface area contributed by atoms with Crippen molar-refractivity contribution >= 4 is 38.5 Å². The molecule has 0 saturated carbocycles. The van der Waals surface area contributed by atoms with Crippen molar-refractivity contribution in [2.45, 2.75) is 46.8 Å². The van der Waals surface area contributed by atoms with Crippen LogP contribution in [-0.4, -0.2) is 6.26 Å². The summed E-state index contributed by atoms with van der Waals surface area (Å²) in [6.07, 6.45) is 42.9. The highest BCUT2D eigenvalue weighted by Crippen LogP contribution is 2.75. The van der Waals surface area contributed by atoms with Gasteiger partial charge in [0, 0.05) is 43.8 Å². The van der Waals surface area contributed by atoms with Gasteiger partial charge in [0.05, 0.1) is 5.69 Å². The van der Waals surface area contributed by atoms with Gasteiger partial charge in [-0.1, -0.05) is 225 Å². The molecular formula is C74H66N2S. The molecule has 0 fully saturated rings.